The van der Waals surface area contributed by atoms with Crippen LogP contribution in [0.1, 0.15) is 13.3 Å². The van der Waals surface area contributed by atoms with Crippen LogP contribution in [0.4, 0.5) is 14.5 Å². The van der Waals surface area contributed by atoms with Crippen LogP contribution in [-0.4, -0.2) is 26.1 Å². The summed E-state index contributed by atoms with van der Waals surface area (Å²) in [4.78, 5) is 10.2. The molecule has 3 N–H and O–H groups in total. The van der Waals surface area contributed by atoms with Crippen molar-refractivity contribution in [1.29, 1.82) is 0 Å². The zero-order chi connectivity index (χ0) is 14.6. The van der Waals surface area contributed by atoms with Gasteiger partial charge in [-0.1, -0.05) is 12.1 Å². The van der Waals surface area contributed by atoms with Crippen molar-refractivity contribution in [3.05, 3.63) is 24.3 Å². The predicted octanol–water partition coefficient (Wildman–Crippen LogP) is 1.36. The number of benzene rings is 1. The lowest BCUT2D eigenvalue weighted by molar-refractivity contribution is -0.118. The van der Waals surface area contributed by atoms with E-state index in [4.69, 9.17) is 5.73 Å². The molecule has 106 valence electrons. The summed E-state index contributed by atoms with van der Waals surface area (Å²) in [7, 11) is -4.69. The lowest BCUT2D eigenvalue weighted by Gasteiger charge is -2.16. The van der Waals surface area contributed by atoms with E-state index in [0.29, 0.717) is 0 Å². The lowest BCUT2D eigenvalue weighted by Crippen LogP contribution is -2.25. The van der Waals surface area contributed by atoms with E-state index >= 15 is 0 Å². The molecule has 0 saturated heterocycles. The number of hydrogen-bond donors (Lipinski definition) is 2. The fraction of sp³-hybridized carbons (Fsp3) is 0.364. The lowest BCUT2D eigenvalue weighted by atomic mass is 10.2. The standard InChI is InChI=1S/C11H14F2N2O3S/c1-7(6-10(14)16)15-8-4-2-3-5-9(8)19(17,18)11(12)13/h2-5,7,11,15H,6H2,1H3,(H2,14,16). The molecular formula is C11H14F2N2O3S. The maximum absolute atomic E-state index is 12.5. The number of para-hydroxylation sites is 1. The molecule has 0 saturated carbocycles. The molecule has 0 heterocycles. The maximum Gasteiger partial charge on any atom is 0.341 e. The third-order valence-electron chi connectivity index (χ3n) is 2.34. The second-order valence-corrected chi connectivity index (χ2v) is 5.90. The van der Waals surface area contributed by atoms with Gasteiger partial charge in [0, 0.05) is 12.5 Å². The minimum Gasteiger partial charge on any atom is -0.381 e. The summed E-state index contributed by atoms with van der Waals surface area (Å²) in [5.74, 6) is -4.07. The molecule has 19 heavy (non-hydrogen) atoms. The van der Waals surface area contributed by atoms with Gasteiger partial charge in [-0.15, -0.1) is 0 Å². The second kappa shape index (κ2) is 5.96. The Morgan fingerprint density at radius 2 is 1.95 bits per heavy atom. The van der Waals surface area contributed by atoms with Gasteiger partial charge in [0.25, 0.3) is 0 Å². The molecule has 1 unspecified atom stereocenters. The largest absolute Gasteiger partial charge is 0.381 e. The number of alkyl halides is 2. The summed E-state index contributed by atoms with van der Waals surface area (Å²) in [5.41, 5.74) is 5.03. The van der Waals surface area contributed by atoms with Gasteiger partial charge in [-0.2, -0.15) is 8.78 Å². The van der Waals surface area contributed by atoms with E-state index in [1.807, 2.05) is 0 Å². The van der Waals surface area contributed by atoms with Crippen molar-refractivity contribution in [2.75, 3.05) is 5.32 Å². The van der Waals surface area contributed by atoms with E-state index in [2.05, 4.69) is 5.32 Å². The van der Waals surface area contributed by atoms with Crippen molar-refractivity contribution in [2.24, 2.45) is 5.73 Å². The van der Waals surface area contributed by atoms with E-state index in [-0.39, 0.29) is 12.1 Å². The SMILES string of the molecule is CC(CC(N)=O)Nc1ccccc1S(=O)(=O)C(F)F. The highest BCUT2D eigenvalue weighted by atomic mass is 32.2. The van der Waals surface area contributed by atoms with Crippen LogP contribution >= 0.6 is 0 Å². The molecule has 0 fully saturated rings. The van der Waals surface area contributed by atoms with E-state index < -0.39 is 32.4 Å². The minimum atomic E-state index is -4.69. The first-order valence-electron chi connectivity index (χ1n) is 5.41. The zero-order valence-corrected chi connectivity index (χ0v) is 11.0. The number of nitrogens with two attached hydrogens (primary N) is 1. The number of primary amides is 1. The maximum atomic E-state index is 12.5. The van der Waals surface area contributed by atoms with Gasteiger partial charge in [-0.25, -0.2) is 8.42 Å². The van der Waals surface area contributed by atoms with Gasteiger partial charge < -0.3 is 11.1 Å². The molecule has 8 heteroatoms. The Bertz CT molecular complexity index is 561. The van der Waals surface area contributed by atoms with Crippen LogP contribution in [-0.2, 0) is 14.6 Å². The molecular weight excluding hydrogens is 278 g/mol. The van der Waals surface area contributed by atoms with Crippen LogP contribution < -0.4 is 11.1 Å². The van der Waals surface area contributed by atoms with Gasteiger partial charge in [-0.05, 0) is 19.1 Å². The van der Waals surface area contributed by atoms with Crippen LogP contribution in [0, 0.1) is 0 Å². The monoisotopic (exact) mass is 292 g/mol. The number of amides is 1. The molecule has 0 spiro atoms. The van der Waals surface area contributed by atoms with Crippen molar-refractivity contribution < 1.29 is 22.0 Å². The van der Waals surface area contributed by atoms with Crippen LogP contribution in [0.3, 0.4) is 0 Å². The second-order valence-electron chi connectivity index (χ2n) is 4.02. The average Bonchev–Trinajstić information content (AvgIpc) is 2.27. The highest BCUT2D eigenvalue weighted by molar-refractivity contribution is 7.91. The summed E-state index contributed by atoms with van der Waals surface area (Å²) in [5, 5.41) is 2.69. The van der Waals surface area contributed by atoms with E-state index in [0.717, 1.165) is 6.07 Å². The molecule has 1 atom stereocenters. The predicted molar refractivity (Wildman–Crippen MR) is 66.5 cm³/mol. The molecule has 1 rings (SSSR count). The Labute approximate surface area is 109 Å². The van der Waals surface area contributed by atoms with E-state index in [9.17, 15) is 22.0 Å². The van der Waals surface area contributed by atoms with E-state index in [1.54, 1.807) is 6.92 Å². The molecule has 1 aromatic rings. The Kier molecular flexibility index (Phi) is 4.82. The molecule has 0 aliphatic carbocycles. The first-order valence-corrected chi connectivity index (χ1v) is 6.95. The number of anilines is 1. The fourth-order valence-corrected chi connectivity index (χ4v) is 2.44. The van der Waals surface area contributed by atoms with Crippen molar-refractivity contribution >= 4 is 21.4 Å². The highest BCUT2D eigenvalue weighted by Crippen LogP contribution is 2.26. The number of carbonyl (C=O) groups is 1. The van der Waals surface area contributed by atoms with Crippen molar-refractivity contribution in [2.45, 2.75) is 30.0 Å². The van der Waals surface area contributed by atoms with Gasteiger partial charge >= 0.3 is 5.76 Å². The number of sulfone groups is 1. The Morgan fingerprint density at radius 1 is 1.37 bits per heavy atom. The van der Waals surface area contributed by atoms with Crippen LogP contribution in [0.25, 0.3) is 0 Å². The highest BCUT2D eigenvalue weighted by Gasteiger charge is 2.29. The topological polar surface area (TPSA) is 89.3 Å². The molecule has 0 radical (unpaired) electrons. The third kappa shape index (κ3) is 3.88. The molecule has 0 aliphatic rings. The number of rotatable bonds is 6. The summed E-state index contributed by atoms with van der Waals surface area (Å²) >= 11 is 0. The van der Waals surface area contributed by atoms with Gasteiger partial charge in [0.05, 0.1) is 10.6 Å². The third-order valence-corrected chi connectivity index (χ3v) is 3.78. The number of carbonyl (C=O) groups excluding carboxylic acids is 1. The van der Waals surface area contributed by atoms with Gasteiger partial charge in [0.1, 0.15) is 0 Å². The van der Waals surface area contributed by atoms with Crippen molar-refractivity contribution in [3.63, 3.8) is 0 Å². The van der Waals surface area contributed by atoms with Gasteiger partial charge in [0.15, 0.2) is 0 Å². The summed E-state index contributed by atoms with van der Waals surface area (Å²) in [6.45, 7) is 1.59. The van der Waals surface area contributed by atoms with Gasteiger partial charge in [0.2, 0.25) is 15.7 Å². The Balaban J connectivity index is 3.07. The summed E-state index contributed by atoms with van der Waals surface area (Å²) < 4.78 is 48.0. The smallest absolute Gasteiger partial charge is 0.341 e. The first kappa shape index (κ1) is 15.4. The zero-order valence-electron chi connectivity index (χ0n) is 10.1. The van der Waals surface area contributed by atoms with E-state index in [1.165, 1.54) is 18.2 Å². The Morgan fingerprint density at radius 3 is 2.47 bits per heavy atom. The normalized spacial score (nSPS) is 13.3. The first-order chi connectivity index (χ1) is 8.75. The number of halogens is 2. The Hall–Kier alpha value is -1.70. The average molecular weight is 292 g/mol. The van der Waals surface area contributed by atoms with Gasteiger partial charge in [-0.3, -0.25) is 4.79 Å². The number of hydrogen-bond acceptors (Lipinski definition) is 4. The molecule has 0 bridgehead atoms. The van der Waals surface area contributed by atoms with Crippen molar-refractivity contribution in [3.8, 4) is 0 Å². The quantitative estimate of drug-likeness (QED) is 0.828. The number of nitrogens with one attached hydrogen (secondary N) is 1. The van der Waals surface area contributed by atoms with Crippen LogP contribution in [0.2, 0.25) is 0 Å². The van der Waals surface area contributed by atoms with Crippen LogP contribution in [0.15, 0.2) is 29.2 Å². The molecule has 1 aromatic carbocycles. The summed E-state index contributed by atoms with van der Waals surface area (Å²) in [6, 6.07) is 4.82. The summed E-state index contributed by atoms with van der Waals surface area (Å²) in [6.07, 6.45) is -0.0386. The fourth-order valence-electron chi connectivity index (χ4n) is 1.55. The molecule has 5 nitrogen and oxygen atoms in total. The van der Waals surface area contributed by atoms with Crippen molar-refractivity contribution in [1.82, 2.24) is 0 Å². The van der Waals surface area contributed by atoms with Crippen LogP contribution in [0.5, 0.6) is 0 Å². The molecule has 0 aliphatic heterocycles. The molecule has 1 amide bonds. The molecule has 0 aromatic heterocycles. The minimum absolute atomic E-state index is 0.0246.